The fraction of sp³-hybridized carbons (Fsp3) is 0.867. The fourth-order valence-corrected chi connectivity index (χ4v) is 3.54. The number of β-amino-alcohol motifs (C(OH)–C–C–N with tert-alkyl or cyclic N) is 1. The van der Waals surface area contributed by atoms with Gasteiger partial charge in [0.05, 0.1) is 19.0 Å². The molecular formula is C15H25N3O3. The van der Waals surface area contributed by atoms with E-state index in [0.717, 1.165) is 32.2 Å². The lowest BCUT2D eigenvalue weighted by Crippen LogP contribution is -2.66. The average molecular weight is 295 g/mol. The number of hydrogen-bond acceptors (Lipinski definition) is 3. The number of carbonyl (C=O) groups is 2. The van der Waals surface area contributed by atoms with Crippen molar-refractivity contribution in [2.24, 2.45) is 11.8 Å². The number of rotatable bonds is 2. The van der Waals surface area contributed by atoms with E-state index in [1.165, 1.54) is 0 Å². The molecule has 6 heteroatoms. The van der Waals surface area contributed by atoms with Gasteiger partial charge in [-0.2, -0.15) is 0 Å². The molecule has 6 nitrogen and oxygen atoms in total. The van der Waals surface area contributed by atoms with Crippen molar-refractivity contribution >= 4 is 11.9 Å². The largest absolute Gasteiger partial charge is 0.386 e. The Kier molecular flexibility index (Phi) is 3.59. The number of urea groups is 1. The maximum atomic E-state index is 12.5. The predicted octanol–water partition coefficient (Wildman–Crippen LogP) is 0.363. The Bertz CT molecular complexity index is 441. The van der Waals surface area contributed by atoms with Gasteiger partial charge in [-0.15, -0.1) is 0 Å². The first-order valence-electron chi connectivity index (χ1n) is 7.88. The summed E-state index contributed by atoms with van der Waals surface area (Å²) in [5.74, 6) is 0.405. The Labute approximate surface area is 125 Å². The van der Waals surface area contributed by atoms with E-state index in [-0.39, 0.29) is 17.9 Å². The van der Waals surface area contributed by atoms with E-state index in [0.29, 0.717) is 25.6 Å². The molecule has 118 valence electrons. The van der Waals surface area contributed by atoms with E-state index in [9.17, 15) is 14.7 Å². The van der Waals surface area contributed by atoms with E-state index in [1.807, 2.05) is 0 Å². The molecule has 2 aliphatic heterocycles. The summed E-state index contributed by atoms with van der Waals surface area (Å²) in [5.41, 5.74) is -0.622. The second-order valence-corrected chi connectivity index (χ2v) is 7.03. The lowest BCUT2D eigenvalue weighted by atomic mass is 9.86. The van der Waals surface area contributed by atoms with E-state index < -0.39 is 5.60 Å². The molecular weight excluding hydrogens is 270 g/mol. The Hall–Kier alpha value is -1.30. The molecule has 1 saturated carbocycles. The zero-order valence-corrected chi connectivity index (χ0v) is 12.9. The molecule has 0 radical (unpaired) electrons. The number of nitrogens with zero attached hydrogens (tertiary/aromatic N) is 3. The summed E-state index contributed by atoms with van der Waals surface area (Å²) in [6.45, 7) is 2.20. The van der Waals surface area contributed by atoms with Gasteiger partial charge in [-0.1, -0.05) is 0 Å². The van der Waals surface area contributed by atoms with Crippen LogP contribution in [0.1, 0.15) is 25.7 Å². The number of likely N-dealkylation sites (tertiary alicyclic amines) is 2. The molecule has 1 aliphatic carbocycles. The Morgan fingerprint density at radius 2 is 1.81 bits per heavy atom. The van der Waals surface area contributed by atoms with Crippen molar-refractivity contribution < 1.29 is 14.7 Å². The van der Waals surface area contributed by atoms with Crippen molar-refractivity contribution in [3.63, 3.8) is 0 Å². The van der Waals surface area contributed by atoms with E-state index >= 15 is 0 Å². The van der Waals surface area contributed by atoms with Crippen LogP contribution in [-0.4, -0.2) is 77.6 Å². The highest BCUT2D eigenvalue weighted by Crippen LogP contribution is 2.45. The number of piperidine rings is 1. The SMILES string of the molecule is CN(C)C(=O)N1CCCC(C(=O)N2CC(O)(C3CC3)C2)C1. The van der Waals surface area contributed by atoms with Gasteiger partial charge in [-0.05, 0) is 31.6 Å². The first-order valence-corrected chi connectivity index (χ1v) is 7.88. The first-order chi connectivity index (χ1) is 9.90. The molecule has 1 atom stereocenters. The van der Waals surface area contributed by atoms with Crippen LogP contribution in [-0.2, 0) is 4.79 Å². The molecule has 21 heavy (non-hydrogen) atoms. The van der Waals surface area contributed by atoms with Crippen molar-refractivity contribution in [1.29, 1.82) is 0 Å². The summed E-state index contributed by atoms with van der Waals surface area (Å²) in [4.78, 5) is 29.6. The zero-order chi connectivity index (χ0) is 15.2. The van der Waals surface area contributed by atoms with Crippen molar-refractivity contribution in [3.05, 3.63) is 0 Å². The lowest BCUT2D eigenvalue weighted by molar-refractivity contribution is -0.164. The van der Waals surface area contributed by atoms with Gasteiger partial charge >= 0.3 is 6.03 Å². The molecule has 3 aliphatic rings. The van der Waals surface area contributed by atoms with Gasteiger partial charge in [-0.25, -0.2) is 4.79 Å². The van der Waals surface area contributed by atoms with Crippen molar-refractivity contribution in [3.8, 4) is 0 Å². The minimum Gasteiger partial charge on any atom is -0.386 e. The second-order valence-electron chi connectivity index (χ2n) is 7.03. The number of hydrogen-bond donors (Lipinski definition) is 1. The van der Waals surface area contributed by atoms with Crippen LogP contribution >= 0.6 is 0 Å². The van der Waals surface area contributed by atoms with Crippen molar-refractivity contribution in [2.75, 3.05) is 40.3 Å². The molecule has 3 amide bonds. The Morgan fingerprint density at radius 3 is 2.38 bits per heavy atom. The standard InChI is InChI=1S/C15H25N3O3/c1-16(2)14(20)17-7-3-4-11(8-17)13(19)18-9-15(21,10-18)12-5-6-12/h11-12,21H,3-10H2,1-2H3. The molecule has 0 bridgehead atoms. The molecule has 3 rings (SSSR count). The average Bonchev–Trinajstić information content (AvgIpc) is 3.27. The minimum absolute atomic E-state index is 0.0226. The van der Waals surface area contributed by atoms with Crippen LogP contribution in [0.25, 0.3) is 0 Å². The van der Waals surface area contributed by atoms with Crippen LogP contribution in [0.5, 0.6) is 0 Å². The molecule has 2 saturated heterocycles. The summed E-state index contributed by atoms with van der Waals surface area (Å²) in [6.07, 6.45) is 3.89. The van der Waals surface area contributed by atoms with Crippen molar-refractivity contribution in [2.45, 2.75) is 31.3 Å². The normalized spacial score (nSPS) is 28.0. The van der Waals surface area contributed by atoms with Gasteiger partial charge in [0.2, 0.25) is 5.91 Å². The molecule has 1 unspecified atom stereocenters. The van der Waals surface area contributed by atoms with Crippen LogP contribution < -0.4 is 0 Å². The van der Waals surface area contributed by atoms with Gasteiger partial charge < -0.3 is 19.8 Å². The van der Waals surface area contributed by atoms with Gasteiger partial charge in [0.15, 0.2) is 0 Å². The zero-order valence-electron chi connectivity index (χ0n) is 12.9. The van der Waals surface area contributed by atoms with Crippen molar-refractivity contribution in [1.82, 2.24) is 14.7 Å². The summed E-state index contributed by atoms with van der Waals surface area (Å²) in [7, 11) is 3.47. The van der Waals surface area contributed by atoms with Gasteiger partial charge in [0, 0.05) is 27.2 Å². The van der Waals surface area contributed by atoms with Crippen LogP contribution in [0.4, 0.5) is 4.79 Å². The van der Waals surface area contributed by atoms with E-state index in [1.54, 1.807) is 28.8 Å². The second kappa shape index (κ2) is 5.16. The van der Waals surface area contributed by atoms with Gasteiger partial charge in [-0.3, -0.25) is 4.79 Å². The first kappa shape index (κ1) is 14.6. The molecule has 0 aromatic heterocycles. The molecule has 0 aromatic carbocycles. The van der Waals surface area contributed by atoms with Gasteiger partial charge in [0.25, 0.3) is 0 Å². The Balaban J connectivity index is 1.54. The highest BCUT2D eigenvalue weighted by atomic mass is 16.3. The molecule has 0 aromatic rings. The molecule has 2 heterocycles. The smallest absolute Gasteiger partial charge is 0.319 e. The topological polar surface area (TPSA) is 64.1 Å². The maximum absolute atomic E-state index is 12.5. The quantitative estimate of drug-likeness (QED) is 0.800. The highest BCUT2D eigenvalue weighted by Gasteiger charge is 2.54. The number of carbonyl (C=O) groups excluding carboxylic acids is 2. The number of amides is 3. The molecule has 0 spiro atoms. The van der Waals surface area contributed by atoms with E-state index in [2.05, 4.69) is 0 Å². The van der Waals surface area contributed by atoms with Crippen LogP contribution in [0, 0.1) is 11.8 Å². The predicted molar refractivity (Wildman–Crippen MR) is 77.6 cm³/mol. The summed E-state index contributed by atoms with van der Waals surface area (Å²) in [6, 6.07) is -0.0226. The number of aliphatic hydroxyl groups is 1. The fourth-order valence-electron chi connectivity index (χ4n) is 3.54. The molecule has 3 fully saturated rings. The van der Waals surface area contributed by atoms with Crippen LogP contribution in [0.3, 0.4) is 0 Å². The lowest BCUT2D eigenvalue weighted by Gasteiger charge is -2.48. The third kappa shape index (κ3) is 2.73. The van der Waals surface area contributed by atoms with Crippen LogP contribution in [0.15, 0.2) is 0 Å². The molecule has 1 N–H and O–H groups in total. The minimum atomic E-state index is -0.622. The summed E-state index contributed by atoms with van der Waals surface area (Å²) in [5, 5.41) is 10.3. The monoisotopic (exact) mass is 295 g/mol. The van der Waals surface area contributed by atoms with E-state index in [4.69, 9.17) is 0 Å². The third-order valence-electron chi connectivity index (χ3n) is 5.00. The van der Waals surface area contributed by atoms with Crippen LogP contribution in [0.2, 0.25) is 0 Å². The third-order valence-corrected chi connectivity index (χ3v) is 5.00. The van der Waals surface area contributed by atoms with Gasteiger partial charge in [0.1, 0.15) is 5.60 Å². The maximum Gasteiger partial charge on any atom is 0.319 e. The summed E-state index contributed by atoms with van der Waals surface area (Å²) < 4.78 is 0. The highest BCUT2D eigenvalue weighted by molar-refractivity contribution is 5.82. The summed E-state index contributed by atoms with van der Waals surface area (Å²) >= 11 is 0. The Morgan fingerprint density at radius 1 is 1.14 bits per heavy atom.